The lowest BCUT2D eigenvalue weighted by Crippen LogP contribution is -2.42. The van der Waals surface area contributed by atoms with E-state index in [1.807, 2.05) is 0 Å². The monoisotopic (exact) mass is 450 g/mol. The number of hydrogen-bond acceptors (Lipinski definition) is 5. The van der Waals surface area contributed by atoms with Gasteiger partial charge in [-0.3, -0.25) is 4.90 Å². The summed E-state index contributed by atoms with van der Waals surface area (Å²) in [6, 6.07) is 7.50. The number of H-pyrrole nitrogens is 1. The number of aromatic nitrogens is 3. The first-order chi connectivity index (χ1) is 16.2. The largest absolute Gasteiger partial charge is 0.368 e. The molecule has 1 aromatic heterocycles. The number of hydrogen-bond donors (Lipinski definition) is 3. The highest BCUT2D eigenvalue weighted by atomic mass is 15.3. The number of nitrogens with one attached hydrogen (secondary N) is 2. The first-order valence-corrected chi connectivity index (χ1v) is 13.5. The number of benzene rings is 1. The molecule has 0 unspecified atom stereocenters. The topological polar surface area (TPSA) is 82.9 Å². The molecule has 0 amide bonds. The van der Waals surface area contributed by atoms with Crippen LogP contribution in [0.3, 0.4) is 0 Å². The van der Waals surface area contributed by atoms with Gasteiger partial charge in [-0.05, 0) is 86.5 Å². The van der Waals surface area contributed by atoms with E-state index in [0.717, 1.165) is 30.0 Å². The average Bonchev–Trinajstić information content (AvgIpc) is 3.13. The standard InChI is InChI=1S/C27H42N6/c28-26-30-27(32-31-26)29-24-14-11-22-12-15-25(16-13-23(22)17-24)33(18-20-7-3-1-4-8-20)19-21-9-5-2-6-10-21/h11,14,17,20-21,25H,1-10,12-13,15-16,18-19H2,(H4,28,29,30,31,32)/t25-/m0/s1. The number of nitrogens with zero attached hydrogens (tertiary/aromatic N) is 3. The van der Waals surface area contributed by atoms with Crippen LogP contribution < -0.4 is 11.1 Å². The Morgan fingerprint density at radius 2 is 1.48 bits per heavy atom. The Morgan fingerprint density at radius 3 is 2.09 bits per heavy atom. The van der Waals surface area contributed by atoms with Gasteiger partial charge in [0.25, 0.3) is 0 Å². The van der Waals surface area contributed by atoms with Crippen LogP contribution in [-0.2, 0) is 12.8 Å². The molecule has 0 bridgehead atoms. The predicted molar refractivity (Wildman–Crippen MR) is 136 cm³/mol. The van der Waals surface area contributed by atoms with Crippen molar-refractivity contribution in [2.45, 2.75) is 95.9 Å². The lowest BCUT2D eigenvalue weighted by atomic mass is 9.86. The summed E-state index contributed by atoms with van der Waals surface area (Å²) < 4.78 is 0. The lowest BCUT2D eigenvalue weighted by Gasteiger charge is -2.38. The summed E-state index contributed by atoms with van der Waals surface area (Å²) in [5.41, 5.74) is 9.72. The van der Waals surface area contributed by atoms with E-state index in [4.69, 9.17) is 5.73 Å². The van der Waals surface area contributed by atoms with E-state index >= 15 is 0 Å². The van der Waals surface area contributed by atoms with Crippen molar-refractivity contribution in [1.82, 2.24) is 20.1 Å². The lowest BCUT2D eigenvalue weighted by molar-refractivity contribution is 0.106. The van der Waals surface area contributed by atoms with Crippen LogP contribution in [0.15, 0.2) is 18.2 Å². The van der Waals surface area contributed by atoms with Crippen LogP contribution in [0.2, 0.25) is 0 Å². The third-order valence-corrected chi connectivity index (χ3v) is 8.41. The minimum Gasteiger partial charge on any atom is -0.368 e. The van der Waals surface area contributed by atoms with Crippen molar-refractivity contribution in [3.05, 3.63) is 29.3 Å². The van der Waals surface area contributed by atoms with Crippen molar-refractivity contribution in [2.24, 2.45) is 11.8 Å². The van der Waals surface area contributed by atoms with Gasteiger partial charge in [0.1, 0.15) is 0 Å². The van der Waals surface area contributed by atoms with Crippen LogP contribution in [0.1, 0.15) is 88.2 Å². The second-order valence-electron chi connectivity index (χ2n) is 10.8. The Morgan fingerprint density at radius 1 is 0.848 bits per heavy atom. The molecule has 2 fully saturated rings. The van der Waals surface area contributed by atoms with Crippen LogP contribution in [0.5, 0.6) is 0 Å². The molecule has 2 aromatic rings. The van der Waals surface area contributed by atoms with Gasteiger partial charge in [0, 0.05) is 24.8 Å². The second kappa shape index (κ2) is 10.9. The fourth-order valence-corrected chi connectivity index (χ4v) is 6.57. The van der Waals surface area contributed by atoms with Gasteiger partial charge in [0.2, 0.25) is 11.9 Å². The molecule has 4 N–H and O–H groups in total. The molecule has 5 rings (SSSR count). The zero-order chi connectivity index (χ0) is 22.5. The molecule has 6 nitrogen and oxygen atoms in total. The Kier molecular flexibility index (Phi) is 7.50. The Balaban J connectivity index is 1.25. The number of rotatable bonds is 7. The molecule has 0 radical (unpaired) electrons. The van der Waals surface area contributed by atoms with E-state index in [2.05, 4.69) is 43.6 Å². The van der Waals surface area contributed by atoms with E-state index in [1.54, 1.807) is 0 Å². The summed E-state index contributed by atoms with van der Waals surface area (Å²) in [7, 11) is 0. The molecule has 3 aliphatic carbocycles. The number of nitrogen functional groups attached to an aromatic ring is 1. The van der Waals surface area contributed by atoms with E-state index < -0.39 is 0 Å². The molecule has 0 saturated heterocycles. The summed E-state index contributed by atoms with van der Waals surface area (Å²) in [6.07, 6.45) is 19.5. The van der Waals surface area contributed by atoms with Gasteiger partial charge in [-0.1, -0.05) is 44.6 Å². The van der Waals surface area contributed by atoms with Crippen LogP contribution >= 0.6 is 0 Å². The van der Waals surface area contributed by atoms with Gasteiger partial charge in [-0.2, -0.15) is 4.98 Å². The molecule has 33 heavy (non-hydrogen) atoms. The Hall–Kier alpha value is -2.08. The summed E-state index contributed by atoms with van der Waals surface area (Å²) in [4.78, 5) is 7.14. The van der Waals surface area contributed by atoms with Crippen molar-refractivity contribution in [3.63, 3.8) is 0 Å². The van der Waals surface area contributed by atoms with Gasteiger partial charge in [-0.15, -0.1) is 5.10 Å². The maximum atomic E-state index is 5.67. The fourth-order valence-electron chi connectivity index (χ4n) is 6.57. The first-order valence-electron chi connectivity index (χ1n) is 13.5. The van der Waals surface area contributed by atoms with Gasteiger partial charge in [0.15, 0.2) is 0 Å². The molecular formula is C27H42N6. The number of aromatic amines is 1. The van der Waals surface area contributed by atoms with Gasteiger partial charge in [0.05, 0.1) is 0 Å². The highest BCUT2D eigenvalue weighted by Crippen LogP contribution is 2.32. The van der Waals surface area contributed by atoms with Crippen LogP contribution in [-0.4, -0.2) is 39.2 Å². The van der Waals surface area contributed by atoms with E-state index in [1.165, 1.54) is 108 Å². The fraction of sp³-hybridized carbons (Fsp3) is 0.704. The molecule has 3 aliphatic rings. The SMILES string of the molecule is Nc1nc(Nc2ccc3c(c2)CC[C@@H](N(CC2CCCCC2)CC2CCCCC2)CC3)n[nH]1. The Bertz CT molecular complexity index is 860. The normalized spacial score (nSPS) is 22.8. The minimum atomic E-state index is 0.339. The minimum absolute atomic E-state index is 0.339. The van der Waals surface area contributed by atoms with E-state index in [9.17, 15) is 0 Å². The molecule has 1 aromatic carbocycles. The molecule has 0 aliphatic heterocycles. The average molecular weight is 451 g/mol. The summed E-state index contributed by atoms with van der Waals surface area (Å²) in [5.74, 6) is 2.73. The zero-order valence-electron chi connectivity index (χ0n) is 20.2. The van der Waals surface area contributed by atoms with Crippen molar-refractivity contribution in [1.29, 1.82) is 0 Å². The molecule has 180 valence electrons. The second-order valence-corrected chi connectivity index (χ2v) is 10.8. The molecule has 1 atom stereocenters. The maximum absolute atomic E-state index is 5.67. The van der Waals surface area contributed by atoms with Crippen molar-refractivity contribution < 1.29 is 0 Å². The summed E-state index contributed by atoms with van der Waals surface area (Å²) in [5, 5.41) is 10.1. The van der Waals surface area contributed by atoms with Gasteiger partial charge >= 0.3 is 0 Å². The number of nitrogens with two attached hydrogens (primary N) is 1. The van der Waals surface area contributed by atoms with Gasteiger partial charge < -0.3 is 11.1 Å². The third kappa shape index (κ3) is 6.08. The van der Waals surface area contributed by atoms with E-state index in [0.29, 0.717) is 11.9 Å². The van der Waals surface area contributed by atoms with Crippen LogP contribution in [0, 0.1) is 11.8 Å². The predicted octanol–water partition coefficient (Wildman–Crippen LogP) is 5.84. The van der Waals surface area contributed by atoms with E-state index in [-0.39, 0.29) is 0 Å². The highest BCUT2D eigenvalue weighted by Gasteiger charge is 2.28. The molecule has 6 heteroatoms. The number of aryl methyl sites for hydroxylation is 2. The molecule has 0 spiro atoms. The summed E-state index contributed by atoms with van der Waals surface area (Å²) >= 11 is 0. The van der Waals surface area contributed by atoms with Crippen molar-refractivity contribution >= 4 is 17.6 Å². The first kappa shape index (κ1) is 22.7. The molecular weight excluding hydrogens is 408 g/mol. The maximum Gasteiger partial charge on any atom is 0.248 e. The summed E-state index contributed by atoms with van der Waals surface area (Å²) in [6.45, 7) is 2.69. The van der Waals surface area contributed by atoms with Crippen LogP contribution in [0.4, 0.5) is 17.6 Å². The number of fused-ring (bicyclic) bond motifs is 1. The molecule has 1 heterocycles. The zero-order valence-corrected chi connectivity index (χ0v) is 20.2. The number of anilines is 3. The van der Waals surface area contributed by atoms with Crippen LogP contribution in [0.25, 0.3) is 0 Å². The van der Waals surface area contributed by atoms with Gasteiger partial charge in [-0.25, -0.2) is 5.10 Å². The molecule has 2 saturated carbocycles. The highest BCUT2D eigenvalue weighted by molar-refractivity contribution is 5.56. The van der Waals surface area contributed by atoms with Crippen molar-refractivity contribution in [2.75, 3.05) is 24.1 Å². The quantitative estimate of drug-likeness (QED) is 0.462. The smallest absolute Gasteiger partial charge is 0.248 e. The van der Waals surface area contributed by atoms with Crippen molar-refractivity contribution in [3.8, 4) is 0 Å². The third-order valence-electron chi connectivity index (χ3n) is 8.41. The Labute approximate surface area is 199 Å².